The Kier molecular flexibility index (Phi) is 3.40. The lowest BCUT2D eigenvalue weighted by Gasteiger charge is -2.18. The highest BCUT2D eigenvalue weighted by Gasteiger charge is 2.29. The summed E-state index contributed by atoms with van der Waals surface area (Å²) in [6, 6.07) is -0.264. The molecule has 2 saturated heterocycles. The first-order valence-electron chi connectivity index (χ1n) is 5.71. The van der Waals surface area contributed by atoms with Crippen LogP contribution >= 0.6 is 0 Å². The van der Waals surface area contributed by atoms with Crippen molar-refractivity contribution in [2.45, 2.75) is 6.42 Å². The molecule has 0 aromatic carbocycles. The van der Waals surface area contributed by atoms with Gasteiger partial charge in [0.05, 0.1) is 6.54 Å². The molecule has 2 aliphatic rings. The Labute approximate surface area is 94.7 Å². The number of hydrogen-bond acceptors (Lipinski definition) is 4. The third-order valence-electron chi connectivity index (χ3n) is 3.22. The van der Waals surface area contributed by atoms with Crippen LogP contribution in [0.3, 0.4) is 0 Å². The standard InChI is InChI=1S/C10H18N4O2/c11-5-8-1-3-13(6-8)7-9(15)14-4-2-12-10(14)16/h8H,1-7,11H2,(H,12,16). The van der Waals surface area contributed by atoms with Gasteiger partial charge in [0.2, 0.25) is 5.91 Å². The zero-order valence-corrected chi connectivity index (χ0v) is 9.32. The van der Waals surface area contributed by atoms with Crippen LogP contribution in [0.25, 0.3) is 0 Å². The van der Waals surface area contributed by atoms with Gasteiger partial charge in [-0.3, -0.25) is 14.6 Å². The normalized spacial score (nSPS) is 26.2. The lowest BCUT2D eigenvalue weighted by atomic mass is 10.1. The quantitative estimate of drug-likeness (QED) is 0.635. The highest BCUT2D eigenvalue weighted by molar-refractivity contribution is 5.96. The summed E-state index contributed by atoms with van der Waals surface area (Å²) >= 11 is 0. The molecule has 1 unspecified atom stereocenters. The smallest absolute Gasteiger partial charge is 0.324 e. The number of nitrogens with zero attached hydrogens (tertiary/aromatic N) is 2. The average Bonchev–Trinajstić information content (AvgIpc) is 2.86. The van der Waals surface area contributed by atoms with Crippen molar-refractivity contribution >= 4 is 11.9 Å². The van der Waals surface area contributed by atoms with Gasteiger partial charge in [-0.15, -0.1) is 0 Å². The highest BCUT2D eigenvalue weighted by Crippen LogP contribution is 2.14. The number of carbonyl (C=O) groups is 2. The van der Waals surface area contributed by atoms with Crippen molar-refractivity contribution in [3.05, 3.63) is 0 Å². The number of hydrogen-bond donors (Lipinski definition) is 2. The van der Waals surface area contributed by atoms with Gasteiger partial charge in [0.25, 0.3) is 0 Å². The van der Waals surface area contributed by atoms with Crippen LogP contribution in [-0.4, -0.2) is 61.0 Å². The lowest BCUT2D eigenvalue weighted by molar-refractivity contribution is -0.128. The van der Waals surface area contributed by atoms with E-state index in [1.807, 2.05) is 0 Å². The minimum atomic E-state index is -0.264. The third-order valence-corrected chi connectivity index (χ3v) is 3.22. The van der Waals surface area contributed by atoms with Crippen LogP contribution in [0.2, 0.25) is 0 Å². The van der Waals surface area contributed by atoms with Crippen LogP contribution in [0.1, 0.15) is 6.42 Å². The molecule has 3 N–H and O–H groups in total. The van der Waals surface area contributed by atoms with Crippen LogP contribution < -0.4 is 11.1 Å². The Morgan fingerprint density at radius 2 is 2.31 bits per heavy atom. The first-order valence-corrected chi connectivity index (χ1v) is 5.71. The summed E-state index contributed by atoms with van der Waals surface area (Å²) in [6.07, 6.45) is 1.05. The predicted molar refractivity (Wildman–Crippen MR) is 58.7 cm³/mol. The molecule has 1 atom stereocenters. The summed E-state index contributed by atoms with van der Waals surface area (Å²) < 4.78 is 0. The summed E-state index contributed by atoms with van der Waals surface area (Å²) in [5, 5.41) is 2.62. The number of nitrogens with one attached hydrogen (secondary N) is 1. The Morgan fingerprint density at radius 1 is 1.50 bits per heavy atom. The molecule has 0 bridgehead atoms. The van der Waals surface area contributed by atoms with Gasteiger partial charge in [-0.25, -0.2) is 4.79 Å². The van der Waals surface area contributed by atoms with Crippen molar-refractivity contribution in [3.8, 4) is 0 Å². The van der Waals surface area contributed by atoms with E-state index in [-0.39, 0.29) is 11.9 Å². The zero-order chi connectivity index (χ0) is 11.5. The van der Waals surface area contributed by atoms with Crippen LogP contribution in [0.4, 0.5) is 4.79 Å². The second kappa shape index (κ2) is 4.80. The third kappa shape index (κ3) is 2.33. The van der Waals surface area contributed by atoms with E-state index in [9.17, 15) is 9.59 Å². The molecule has 0 aromatic heterocycles. The Bertz CT molecular complexity index is 295. The lowest BCUT2D eigenvalue weighted by Crippen LogP contribution is -2.41. The Balaban J connectivity index is 1.81. The van der Waals surface area contributed by atoms with Gasteiger partial charge < -0.3 is 11.1 Å². The number of rotatable bonds is 3. The van der Waals surface area contributed by atoms with Gasteiger partial charge in [-0.1, -0.05) is 0 Å². The molecule has 2 fully saturated rings. The monoisotopic (exact) mass is 226 g/mol. The summed E-state index contributed by atoms with van der Waals surface area (Å²) in [7, 11) is 0. The number of likely N-dealkylation sites (tertiary alicyclic amines) is 1. The molecule has 0 spiro atoms. The molecule has 0 radical (unpaired) electrons. The van der Waals surface area contributed by atoms with Crippen LogP contribution in [-0.2, 0) is 4.79 Å². The molecule has 16 heavy (non-hydrogen) atoms. The second-order valence-electron chi connectivity index (χ2n) is 4.40. The molecule has 0 aromatic rings. The number of carbonyl (C=O) groups excluding carboxylic acids is 2. The molecule has 6 nitrogen and oxygen atoms in total. The number of imide groups is 1. The summed E-state index contributed by atoms with van der Waals surface area (Å²) in [5.74, 6) is 0.396. The van der Waals surface area contributed by atoms with Crippen molar-refractivity contribution < 1.29 is 9.59 Å². The van der Waals surface area contributed by atoms with Gasteiger partial charge in [0.1, 0.15) is 0 Å². The van der Waals surface area contributed by atoms with E-state index in [1.54, 1.807) is 0 Å². The Morgan fingerprint density at radius 3 is 2.88 bits per heavy atom. The fourth-order valence-corrected chi connectivity index (χ4v) is 2.24. The maximum atomic E-state index is 11.8. The number of urea groups is 1. The first-order chi connectivity index (χ1) is 7.70. The predicted octanol–water partition coefficient (Wildman–Crippen LogP) is -1.18. The zero-order valence-electron chi connectivity index (χ0n) is 9.32. The first kappa shape index (κ1) is 11.3. The molecule has 2 heterocycles. The SMILES string of the molecule is NCC1CCN(CC(=O)N2CCNC2=O)C1. The van der Waals surface area contributed by atoms with E-state index in [0.717, 1.165) is 19.5 Å². The molecule has 0 saturated carbocycles. The van der Waals surface area contributed by atoms with Crippen molar-refractivity contribution in [1.29, 1.82) is 0 Å². The highest BCUT2D eigenvalue weighted by atomic mass is 16.2. The van der Waals surface area contributed by atoms with Gasteiger partial charge >= 0.3 is 6.03 Å². The number of amides is 3. The second-order valence-corrected chi connectivity index (χ2v) is 4.40. The summed E-state index contributed by atoms with van der Waals surface area (Å²) in [5.41, 5.74) is 5.58. The van der Waals surface area contributed by atoms with E-state index >= 15 is 0 Å². The fourth-order valence-electron chi connectivity index (χ4n) is 2.24. The maximum absolute atomic E-state index is 11.8. The van der Waals surface area contributed by atoms with Gasteiger partial charge in [0.15, 0.2) is 0 Å². The van der Waals surface area contributed by atoms with Gasteiger partial charge in [-0.2, -0.15) is 0 Å². The van der Waals surface area contributed by atoms with Gasteiger partial charge in [0, 0.05) is 19.6 Å². The molecular formula is C10H18N4O2. The van der Waals surface area contributed by atoms with Crippen molar-refractivity contribution in [2.24, 2.45) is 11.7 Å². The minimum absolute atomic E-state index is 0.104. The maximum Gasteiger partial charge on any atom is 0.324 e. The minimum Gasteiger partial charge on any atom is -0.336 e. The molecular weight excluding hydrogens is 208 g/mol. The largest absolute Gasteiger partial charge is 0.336 e. The molecule has 3 amide bonds. The molecule has 90 valence electrons. The Hall–Kier alpha value is -1.14. The van der Waals surface area contributed by atoms with Crippen molar-refractivity contribution in [1.82, 2.24) is 15.1 Å². The van der Waals surface area contributed by atoms with Crippen LogP contribution in [0, 0.1) is 5.92 Å². The van der Waals surface area contributed by atoms with E-state index in [1.165, 1.54) is 4.90 Å². The molecule has 2 aliphatic heterocycles. The van der Waals surface area contributed by atoms with E-state index < -0.39 is 0 Å². The van der Waals surface area contributed by atoms with Crippen LogP contribution in [0.15, 0.2) is 0 Å². The topological polar surface area (TPSA) is 78.7 Å². The van der Waals surface area contributed by atoms with Crippen molar-refractivity contribution in [2.75, 3.05) is 39.3 Å². The van der Waals surface area contributed by atoms with Crippen molar-refractivity contribution in [3.63, 3.8) is 0 Å². The summed E-state index contributed by atoms with van der Waals surface area (Å²) in [4.78, 5) is 26.4. The van der Waals surface area contributed by atoms with E-state index in [4.69, 9.17) is 5.73 Å². The molecule has 0 aliphatic carbocycles. The average molecular weight is 226 g/mol. The summed E-state index contributed by atoms with van der Waals surface area (Å²) in [6.45, 7) is 3.85. The fraction of sp³-hybridized carbons (Fsp3) is 0.800. The molecule has 2 rings (SSSR count). The van der Waals surface area contributed by atoms with Crippen LogP contribution in [0.5, 0.6) is 0 Å². The number of nitrogens with two attached hydrogens (primary N) is 1. The molecule has 6 heteroatoms. The van der Waals surface area contributed by atoms with E-state index in [0.29, 0.717) is 32.1 Å². The van der Waals surface area contributed by atoms with Gasteiger partial charge in [-0.05, 0) is 25.4 Å². The van der Waals surface area contributed by atoms with E-state index in [2.05, 4.69) is 10.2 Å².